The number of methoxy groups -OCH3 is 1. The lowest BCUT2D eigenvalue weighted by atomic mass is 9.91. The molecule has 0 bridgehead atoms. The monoisotopic (exact) mass is 560 g/mol. The lowest BCUT2D eigenvalue weighted by Crippen LogP contribution is -2.67. The van der Waals surface area contributed by atoms with Gasteiger partial charge in [0.05, 0.1) is 18.2 Å². The van der Waals surface area contributed by atoms with E-state index in [0.29, 0.717) is 5.75 Å². The molecule has 1 N–H and O–H groups in total. The van der Waals surface area contributed by atoms with Crippen molar-refractivity contribution >= 4 is 11.9 Å². The summed E-state index contributed by atoms with van der Waals surface area (Å²) in [6.45, 7) is -0.508. The Hall–Kier alpha value is -5.26. The fourth-order valence-electron chi connectivity index (χ4n) is 4.05. The number of carbonyl (C=O) groups is 2. The van der Waals surface area contributed by atoms with Gasteiger partial charge >= 0.3 is 11.9 Å². The highest BCUT2D eigenvalue weighted by Crippen LogP contribution is 2.37. The van der Waals surface area contributed by atoms with Gasteiger partial charge in [-0.1, -0.05) is 41.5 Å². The first-order valence-corrected chi connectivity index (χ1v) is 12.2. The maximum absolute atomic E-state index is 13.1. The van der Waals surface area contributed by atoms with Gasteiger partial charge in [-0.25, -0.2) is 9.59 Å². The molecule has 0 aromatic heterocycles. The van der Waals surface area contributed by atoms with Crippen LogP contribution in [0.2, 0.25) is 0 Å². The number of esters is 2. The lowest BCUT2D eigenvalue weighted by molar-refractivity contribution is -0.292. The molecule has 3 aromatic carbocycles. The maximum atomic E-state index is 13.1. The number of hydrogen-bond acceptors (Lipinski definition) is 10. The van der Waals surface area contributed by atoms with Crippen LogP contribution in [0, 0.1) is 0 Å². The molecule has 1 aliphatic heterocycles. The van der Waals surface area contributed by atoms with Gasteiger partial charge in [-0.15, -0.1) is 0 Å². The molecular formula is C27H24N6O8. The van der Waals surface area contributed by atoms with Gasteiger partial charge in [0, 0.05) is 9.82 Å². The first-order chi connectivity index (χ1) is 19.9. The van der Waals surface area contributed by atoms with Crippen molar-refractivity contribution in [2.75, 3.05) is 13.7 Å². The second kappa shape index (κ2) is 13.2. The van der Waals surface area contributed by atoms with Gasteiger partial charge in [-0.05, 0) is 64.7 Å². The SMILES string of the molecule is COc1ccc(O[C@@H]2OC(COC(=O)c3ccccc3)[C@@H](N=[N+]=[N-])[C@H](OC(=O)c3ccccc3)C2(O)N=[N+]=[N-])cc1. The molecule has 1 aliphatic rings. The van der Waals surface area contributed by atoms with Crippen LogP contribution < -0.4 is 9.47 Å². The molecule has 0 spiro atoms. The maximum Gasteiger partial charge on any atom is 0.338 e. The number of ether oxygens (including phenoxy) is 5. The first-order valence-electron chi connectivity index (χ1n) is 12.2. The van der Waals surface area contributed by atoms with Crippen molar-refractivity contribution < 1.29 is 38.4 Å². The minimum absolute atomic E-state index is 0.0987. The Bertz CT molecular complexity index is 1450. The topological polar surface area (TPSA) is 198 Å². The Kier molecular flexibility index (Phi) is 9.25. The van der Waals surface area contributed by atoms with Crippen LogP contribution in [0.1, 0.15) is 20.7 Å². The summed E-state index contributed by atoms with van der Waals surface area (Å²) in [5.41, 5.74) is 16.3. The molecule has 1 saturated heterocycles. The molecule has 210 valence electrons. The van der Waals surface area contributed by atoms with Crippen LogP contribution in [0.4, 0.5) is 0 Å². The third kappa shape index (κ3) is 6.67. The third-order valence-electron chi connectivity index (χ3n) is 6.08. The van der Waals surface area contributed by atoms with Crippen molar-refractivity contribution in [3.8, 4) is 11.5 Å². The molecule has 0 radical (unpaired) electrons. The smallest absolute Gasteiger partial charge is 0.338 e. The highest BCUT2D eigenvalue weighted by Gasteiger charge is 2.59. The van der Waals surface area contributed by atoms with Crippen molar-refractivity contribution in [1.29, 1.82) is 0 Å². The van der Waals surface area contributed by atoms with Gasteiger partial charge in [0.2, 0.25) is 12.0 Å². The van der Waals surface area contributed by atoms with Crippen LogP contribution in [-0.4, -0.2) is 61.0 Å². The molecular weight excluding hydrogens is 536 g/mol. The van der Waals surface area contributed by atoms with Crippen LogP contribution in [0.3, 0.4) is 0 Å². The Morgan fingerprint density at radius 3 is 2.05 bits per heavy atom. The molecule has 3 aromatic rings. The van der Waals surface area contributed by atoms with Crippen LogP contribution in [0.25, 0.3) is 20.9 Å². The lowest BCUT2D eigenvalue weighted by Gasteiger charge is -2.46. The van der Waals surface area contributed by atoms with E-state index in [1.807, 2.05) is 0 Å². The van der Waals surface area contributed by atoms with E-state index in [9.17, 15) is 25.8 Å². The number of hydrogen-bond donors (Lipinski definition) is 1. The molecule has 1 heterocycles. The van der Waals surface area contributed by atoms with Gasteiger partial charge in [0.15, 0.2) is 6.10 Å². The highest BCUT2D eigenvalue weighted by molar-refractivity contribution is 5.90. The van der Waals surface area contributed by atoms with E-state index in [0.717, 1.165) is 0 Å². The van der Waals surface area contributed by atoms with E-state index in [1.54, 1.807) is 48.5 Å². The van der Waals surface area contributed by atoms with Gasteiger partial charge < -0.3 is 28.8 Å². The van der Waals surface area contributed by atoms with Crippen molar-refractivity contribution in [3.05, 3.63) is 117 Å². The molecule has 0 aliphatic carbocycles. The number of rotatable bonds is 10. The summed E-state index contributed by atoms with van der Waals surface area (Å²) in [5.74, 6) is -0.977. The van der Waals surface area contributed by atoms with E-state index in [-0.39, 0.29) is 16.9 Å². The van der Waals surface area contributed by atoms with E-state index in [4.69, 9.17) is 23.7 Å². The van der Waals surface area contributed by atoms with Crippen LogP contribution in [0.15, 0.2) is 95.2 Å². The number of azide groups is 2. The van der Waals surface area contributed by atoms with Crippen molar-refractivity contribution in [1.82, 2.24) is 0 Å². The molecule has 1 fully saturated rings. The number of benzene rings is 3. The van der Waals surface area contributed by atoms with Crippen LogP contribution in [-0.2, 0) is 14.2 Å². The summed E-state index contributed by atoms with van der Waals surface area (Å²) in [6.07, 6.45) is -4.96. The fraction of sp³-hybridized carbons (Fsp3) is 0.259. The van der Waals surface area contributed by atoms with E-state index >= 15 is 0 Å². The zero-order valence-electron chi connectivity index (χ0n) is 21.6. The number of nitrogens with zero attached hydrogens (tertiary/aromatic N) is 6. The van der Waals surface area contributed by atoms with Crippen LogP contribution >= 0.6 is 0 Å². The van der Waals surface area contributed by atoms with Gasteiger partial charge in [-0.3, -0.25) is 0 Å². The highest BCUT2D eigenvalue weighted by atomic mass is 16.7. The minimum atomic E-state index is -2.74. The number of carbonyl (C=O) groups excluding carboxylic acids is 2. The summed E-state index contributed by atoms with van der Waals surface area (Å²) >= 11 is 0. The Morgan fingerprint density at radius 1 is 0.902 bits per heavy atom. The van der Waals surface area contributed by atoms with E-state index in [1.165, 1.54) is 43.5 Å². The van der Waals surface area contributed by atoms with Crippen LogP contribution in [0.5, 0.6) is 11.5 Å². The largest absolute Gasteiger partial charge is 0.497 e. The van der Waals surface area contributed by atoms with Crippen molar-refractivity contribution in [2.45, 2.75) is 30.3 Å². The average Bonchev–Trinajstić information content (AvgIpc) is 3.01. The first kappa shape index (κ1) is 28.7. The summed E-state index contributed by atoms with van der Waals surface area (Å²) in [4.78, 5) is 31.2. The Balaban J connectivity index is 1.71. The van der Waals surface area contributed by atoms with E-state index in [2.05, 4.69) is 20.1 Å². The fourth-order valence-corrected chi connectivity index (χ4v) is 4.05. The predicted octanol–water partition coefficient (Wildman–Crippen LogP) is 4.56. The van der Waals surface area contributed by atoms with Gasteiger partial charge in [0.25, 0.3) is 0 Å². The second-order valence-corrected chi connectivity index (χ2v) is 8.62. The zero-order chi connectivity index (χ0) is 29.2. The van der Waals surface area contributed by atoms with E-state index < -0.39 is 48.8 Å². The molecule has 41 heavy (non-hydrogen) atoms. The summed E-state index contributed by atoms with van der Waals surface area (Å²) in [7, 11) is 1.48. The summed E-state index contributed by atoms with van der Waals surface area (Å²) in [5, 5.41) is 18.8. The zero-order valence-corrected chi connectivity index (χ0v) is 21.6. The molecule has 4 rings (SSSR count). The van der Waals surface area contributed by atoms with Gasteiger partial charge in [-0.2, -0.15) is 0 Å². The summed E-state index contributed by atoms with van der Waals surface area (Å²) < 4.78 is 27.8. The molecule has 0 amide bonds. The standard InChI is InChI=1S/C27H24N6O8/c1-37-19-12-14-20(15-13-19)39-26-27(36,31-33-29)23(41-25(35)18-10-6-3-7-11-18)22(30-32-28)21(40-26)16-38-24(34)17-8-4-2-5-9-17/h2-15,21-23,26,36H,16H2,1H3/t21?,22-,23+,26-,27?/m1/s1. The quantitative estimate of drug-likeness (QED) is 0.161. The predicted molar refractivity (Wildman–Crippen MR) is 142 cm³/mol. The molecule has 14 nitrogen and oxygen atoms in total. The Morgan fingerprint density at radius 2 is 1.49 bits per heavy atom. The second-order valence-electron chi connectivity index (χ2n) is 8.62. The molecule has 5 atom stereocenters. The third-order valence-corrected chi connectivity index (χ3v) is 6.08. The molecule has 0 saturated carbocycles. The number of aliphatic hydroxyl groups is 1. The van der Waals surface area contributed by atoms with Gasteiger partial charge in [0.1, 0.15) is 30.3 Å². The average molecular weight is 561 g/mol. The minimum Gasteiger partial charge on any atom is -0.497 e. The normalized spacial score (nSPS) is 23.2. The van der Waals surface area contributed by atoms with Crippen molar-refractivity contribution in [2.24, 2.45) is 10.2 Å². The molecule has 14 heteroatoms. The van der Waals surface area contributed by atoms with Crippen molar-refractivity contribution in [3.63, 3.8) is 0 Å². The Labute approximate surface area is 233 Å². The summed E-state index contributed by atoms with van der Waals surface area (Å²) in [6, 6.07) is 20.5. The molecule has 2 unspecified atom stereocenters.